The van der Waals surface area contributed by atoms with E-state index in [1.807, 2.05) is 69.1 Å². The molecule has 0 aliphatic carbocycles. The van der Waals surface area contributed by atoms with Crippen LogP contribution in [0.1, 0.15) is 13.8 Å². The molecule has 6 aromatic heterocycles. The van der Waals surface area contributed by atoms with Crippen molar-refractivity contribution in [3.63, 3.8) is 0 Å². The van der Waals surface area contributed by atoms with Gasteiger partial charge in [-0.2, -0.15) is 0 Å². The highest BCUT2D eigenvalue weighted by atomic mass is 15.0. The first-order chi connectivity index (χ1) is 22.8. The normalized spacial score (nSPS) is 11.3. The molecule has 3 aromatic carbocycles. The lowest BCUT2D eigenvalue weighted by atomic mass is 9.96. The molecule has 7 heteroatoms. The molecule has 46 heavy (non-hydrogen) atoms. The van der Waals surface area contributed by atoms with Crippen LogP contribution >= 0.6 is 0 Å². The van der Waals surface area contributed by atoms with Crippen LogP contribution in [0.4, 0.5) is 0 Å². The van der Waals surface area contributed by atoms with Crippen molar-refractivity contribution in [3.8, 4) is 33.8 Å². The SMILES string of the molecule is CC.c1ccc(-c2ccccc2-c2ccc3c(c2)c2ncccc2n3-c2ccc3c(c2)c2ncccc2n3-c2cncnc2)nc1. The molecule has 0 spiro atoms. The van der Waals surface area contributed by atoms with Crippen molar-refractivity contribution in [1.29, 1.82) is 0 Å². The molecule has 0 atom stereocenters. The van der Waals surface area contributed by atoms with Gasteiger partial charge in [0.05, 0.1) is 56.9 Å². The average molecular weight is 596 g/mol. The van der Waals surface area contributed by atoms with E-state index in [-0.39, 0.29) is 0 Å². The Labute approximate surface area is 265 Å². The van der Waals surface area contributed by atoms with Gasteiger partial charge in [0.2, 0.25) is 0 Å². The van der Waals surface area contributed by atoms with Crippen molar-refractivity contribution in [2.24, 2.45) is 0 Å². The Morgan fingerprint density at radius 1 is 0.478 bits per heavy atom. The standard InChI is InChI=1S/C37H23N7.C2H6/c1-2-8-28(31-9-3-4-16-40-31)27(7-1)24-12-14-32-29(19-24)36-34(10-5-17-41-36)43(32)25-13-15-33-30(20-25)37-35(11-6-18-42-37)44(33)26-21-38-23-39-22-26;1-2/h1-23H;1-2H3. The molecule has 0 N–H and O–H groups in total. The molecule has 0 fully saturated rings. The van der Waals surface area contributed by atoms with Crippen molar-refractivity contribution in [2.75, 3.05) is 0 Å². The Bertz CT molecular complexity index is 2500. The highest BCUT2D eigenvalue weighted by Gasteiger charge is 2.18. The van der Waals surface area contributed by atoms with E-state index in [4.69, 9.17) is 9.97 Å². The molecule has 6 heterocycles. The zero-order valence-electron chi connectivity index (χ0n) is 25.4. The Morgan fingerprint density at radius 3 is 1.78 bits per heavy atom. The summed E-state index contributed by atoms with van der Waals surface area (Å²) in [5.74, 6) is 0. The van der Waals surface area contributed by atoms with Crippen LogP contribution < -0.4 is 0 Å². The molecule has 0 aliphatic rings. The molecule has 0 amide bonds. The van der Waals surface area contributed by atoms with Gasteiger partial charge in [0.1, 0.15) is 6.33 Å². The lowest BCUT2D eigenvalue weighted by Crippen LogP contribution is -1.96. The van der Waals surface area contributed by atoms with Crippen LogP contribution in [0.15, 0.2) is 140 Å². The lowest BCUT2D eigenvalue weighted by molar-refractivity contribution is 1.07. The second kappa shape index (κ2) is 11.4. The maximum absolute atomic E-state index is 4.86. The van der Waals surface area contributed by atoms with E-state index in [1.165, 1.54) is 0 Å². The molecule has 9 rings (SSSR count). The van der Waals surface area contributed by atoms with Crippen LogP contribution in [0, 0.1) is 0 Å². The van der Waals surface area contributed by atoms with Crippen molar-refractivity contribution < 1.29 is 0 Å². The van der Waals surface area contributed by atoms with Crippen molar-refractivity contribution >= 4 is 43.9 Å². The highest BCUT2D eigenvalue weighted by molar-refractivity contribution is 6.11. The van der Waals surface area contributed by atoms with Crippen molar-refractivity contribution in [2.45, 2.75) is 13.8 Å². The van der Waals surface area contributed by atoms with Gasteiger partial charge in [-0.05, 0) is 77.9 Å². The second-order valence-electron chi connectivity index (χ2n) is 10.7. The largest absolute Gasteiger partial charge is 0.308 e. The molecule has 0 radical (unpaired) electrons. The first-order valence-electron chi connectivity index (χ1n) is 15.4. The topological polar surface area (TPSA) is 74.3 Å². The summed E-state index contributed by atoms with van der Waals surface area (Å²) in [6, 6.07) is 35.8. The van der Waals surface area contributed by atoms with E-state index in [0.29, 0.717) is 0 Å². The number of benzene rings is 3. The molecule has 7 nitrogen and oxygen atoms in total. The average Bonchev–Trinajstić information content (AvgIpc) is 3.65. The molecular formula is C39H29N7. The summed E-state index contributed by atoms with van der Waals surface area (Å²) in [6.45, 7) is 4.00. The molecule has 0 unspecified atom stereocenters. The quantitative estimate of drug-likeness (QED) is 0.203. The Morgan fingerprint density at radius 2 is 1.09 bits per heavy atom. The summed E-state index contributed by atoms with van der Waals surface area (Å²) in [4.78, 5) is 22.8. The Balaban J connectivity index is 0.00000153. The predicted molar refractivity (Wildman–Crippen MR) is 186 cm³/mol. The van der Waals surface area contributed by atoms with Gasteiger partial charge in [-0.15, -0.1) is 0 Å². The summed E-state index contributed by atoms with van der Waals surface area (Å²) >= 11 is 0. The van der Waals surface area contributed by atoms with Gasteiger partial charge in [0.25, 0.3) is 0 Å². The van der Waals surface area contributed by atoms with Crippen molar-refractivity contribution in [1.82, 2.24) is 34.1 Å². The zero-order valence-corrected chi connectivity index (χ0v) is 25.4. The number of rotatable bonds is 4. The van der Waals surface area contributed by atoms with Crippen LogP contribution in [0.3, 0.4) is 0 Å². The van der Waals surface area contributed by atoms with Gasteiger partial charge in [-0.25, -0.2) is 9.97 Å². The van der Waals surface area contributed by atoms with Gasteiger partial charge in [0, 0.05) is 40.6 Å². The third kappa shape index (κ3) is 4.32. The Hall–Kier alpha value is -6.21. The van der Waals surface area contributed by atoms with E-state index >= 15 is 0 Å². The smallest absolute Gasteiger partial charge is 0.115 e. The molecule has 9 aromatic rings. The number of nitrogens with zero attached hydrogens (tertiary/aromatic N) is 7. The summed E-state index contributed by atoms with van der Waals surface area (Å²) in [5.41, 5.74) is 12.3. The molecule has 0 saturated carbocycles. The van der Waals surface area contributed by atoms with Crippen LogP contribution in [0.2, 0.25) is 0 Å². The number of hydrogen-bond donors (Lipinski definition) is 0. The third-order valence-corrected chi connectivity index (χ3v) is 8.27. The van der Waals surface area contributed by atoms with E-state index in [2.05, 4.69) is 103 Å². The monoisotopic (exact) mass is 595 g/mol. The van der Waals surface area contributed by atoms with Crippen LogP contribution in [-0.4, -0.2) is 34.1 Å². The maximum atomic E-state index is 4.86. The molecule has 220 valence electrons. The van der Waals surface area contributed by atoms with Crippen LogP contribution in [0.5, 0.6) is 0 Å². The van der Waals surface area contributed by atoms with Gasteiger partial charge >= 0.3 is 0 Å². The summed E-state index contributed by atoms with van der Waals surface area (Å²) in [7, 11) is 0. The minimum Gasteiger partial charge on any atom is -0.308 e. The number of pyridine rings is 3. The molecule has 0 saturated heterocycles. The highest BCUT2D eigenvalue weighted by Crippen LogP contribution is 2.38. The fraction of sp³-hybridized carbons (Fsp3) is 0.0513. The van der Waals surface area contributed by atoms with E-state index in [9.17, 15) is 0 Å². The summed E-state index contributed by atoms with van der Waals surface area (Å²) < 4.78 is 4.46. The minimum absolute atomic E-state index is 0.896. The number of fused-ring (bicyclic) bond motifs is 6. The number of aromatic nitrogens is 7. The predicted octanol–water partition coefficient (Wildman–Crippen LogP) is 9.22. The van der Waals surface area contributed by atoms with Gasteiger partial charge < -0.3 is 9.13 Å². The Kier molecular flexibility index (Phi) is 6.76. The molecule has 0 bridgehead atoms. The van der Waals surface area contributed by atoms with Crippen LogP contribution in [-0.2, 0) is 0 Å². The fourth-order valence-electron chi connectivity index (χ4n) is 6.41. The van der Waals surface area contributed by atoms with Gasteiger partial charge in [-0.1, -0.05) is 50.2 Å². The summed E-state index contributed by atoms with van der Waals surface area (Å²) in [6.07, 6.45) is 10.7. The molecular weight excluding hydrogens is 566 g/mol. The first kappa shape index (κ1) is 27.3. The second-order valence-corrected chi connectivity index (χ2v) is 10.7. The number of hydrogen-bond acceptors (Lipinski definition) is 5. The lowest BCUT2D eigenvalue weighted by Gasteiger charge is -2.11. The van der Waals surface area contributed by atoms with Crippen LogP contribution in [0.25, 0.3) is 77.6 Å². The van der Waals surface area contributed by atoms with Gasteiger partial charge in [0.15, 0.2) is 0 Å². The van der Waals surface area contributed by atoms with E-state index < -0.39 is 0 Å². The summed E-state index contributed by atoms with van der Waals surface area (Å²) in [5, 5.41) is 2.15. The van der Waals surface area contributed by atoms with E-state index in [1.54, 1.807) is 6.33 Å². The van der Waals surface area contributed by atoms with Crippen molar-refractivity contribution in [3.05, 3.63) is 140 Å². The maximum Gasteiger partial charge on any atom is 0.115 e. The van der Waals surface area contributed by atoms with E-state index in [0.717, 1.165) is 77.6 Å². The fourth-order valence-corrected chi connectivity index (χ4v) is 6.41. The van der Waals surface area contributed by atoms with Gasteiger partial charge in [-0.3, -0.25) is 15.0 Å². The third-order valence-electron chi connectivity index (χ3n) is 8.27. The minimum atomic E-state index is 0.896. The first-order valence-corrected chi connectivity index (χ1v) is 15.4. The molecule has 0 aliphatic heterocycles. The zero-order chi connectivity index (χ0) is 31.0.